The number of carbonyl (C=O) groups is 2. The highest BCUT2D eigenvalue weighted by Crippen LogP contribution is 2.18. The molecule has 0 aliphatic rings. The highest BCUT2D eigenvalue weighted by atomic mass is 16.5. The van der Waals surface area contributed by atoms with Crippen molar-refractivity contribution in [1.29, 1.82) is 0 Å². The van der Waals surface area contributed by atoms with E-state index in [1.807, 2.05) is 0 Å². The van der Waals surface area contributed by atoms with Crippen LogP contribution in [-0.2, 0) is 14.3 Å². The van der Waals surface area contributed by atoms with Gasteiger partial charge in [0.25, 0.3) is 0 Å². The zero-order valence-corrected chi connectivity index (χ0v) is 40.6. The van der Waals surface area contributed by atoms with Crippen LogP contribution < -0.4 is 5.32 Å². The molecule has 0 bridgehead atoms. The van der Waals surface area contributed by atoms with E-state index in [-0.39, 0.29) is 24.9 Å². The number of ether oxygens (including phenoxy) is 1. The molecule has 0 saturated heterocycles. The number of hydrogen-bond donors (Lipinski definition) is 3. The normalized spacial score (nSPS) is 13.2. The molecule has 0 radical (unpaired) electrons. The molecule has 0 aromatic rings. The first-order valence-electron chi connectivity index (χ1n) is 26.9. The first-order valence-corrected chi connectivity index (χ1v) is 26.9. The molecule has 3 atom stereocenters. The summed E-state index contributed by atoms with van der Waals surface area (Å²) < 4.78 is 5.93. The van der Waals surface area contributed by atoms with E-state index >= 15 is 0 Å². The minimum Gasteiger partial charge on any atom is -0.462 e. The van der Waals surface area contributed by atoms with Crippen LogP contribution in [0.3, 0.4) is 0 Å². The molecule has 0 fully saturated rings. The summed E-state index contributed by atoms with van der Waals surface area (Å²) in [5.74, 6) is -0.472. The number of aliphatic hydroxyl groups is 2. The van der Waals surface area contributed by atoms with Gasteiger partial charge in [-0.05, 0) is 51.4 Å². The lowest BCUT2D eigenvalue weighted by molar-refractivity contribution is -0.151. The topological polar surface area (TPSA) is 95.9 Å². The number of hydrogen-bond acceptors (Lipinski definition) is 5. The highest BCUT2D eigenvalue weighted by Gasteiger charge is 2.24. The molecule has 60 heavy (non-hydrogen) atoms. The van der Waals surface area contributed by atoms with Crippen molar-refractivity contribution in [2.75, 3.05) is 6.61 Å². The number of esters is 1. The number of amides is 1. The molecule has 3 unspecified atom stereocenters. The second kappa shape index (κ2) is 48.6. The van der Waals surface area contributed by atoms with Gasteiger partial charge in [-0.2, -0.15) is 0 Å². The monoisotopic (exact) mass is 848 g/mol. The Labute approximate surface area is 374 Å². The van der Waals surface area contributed by atoms with Crippen LogP contribution >= 0.6 is 0 Å². The lowest BCUT2D eigenvalue weighted by Crippen LogP contribution is -2.46. The molecule has 1 amide bonds. The Morgan fingerprint density at radius 1 is 0.467 bits per heavy atom. The quantitative estimate of drug-likeness (QED) is 0.0322. The van der Waals surface area contributed by atoms with E-state index in [1.165, 1.54) is 186 Å². The molecular weight excluding hydrogens is 743 g/mol. The van der Waals surface area contributed by atoms with E-state index < -0.39 is 18.2 Å². The van der Waals surface area contributed by atoms with Crippen molar-refractivity contribution < 1.29 is 24.5 Å². The van der Waals surface area contributed by atoms with Crippen molar-refractivity contribution in [3.05, 3.63) is 12.2 Å². The molecule has 6 nitrogen and oxygen atoms in total. The lowest BCUT2D eigenvalue weighted by atomic mass is 10.0. The summed E-state index contributed by atoms with van der Waals surface area (Å²) in [5.41, 5.74) is 0. The third-order valence-electron chi connectivity index (χ3n) is 12.6. The molecule has 0 aromatic heterocycles. The van der Waals surface area contributed by atoms with Crippen molar-refractivity contribution in [3.8, 4) is 0 Å². The van der Waals surface area contributed by atoms with Crippen LogP contribution in [0.15, 0.2) is 12.2 Å². The number of nitrogens with one attached hydrogen (secondary N) is 1. The molecule has 0 spiro atoms. The minimum absolute atomic E-state index is 0.0736. The van der Waals surface area contributed by atoms with Crippen LogP contribution in [0.25, 0.3) is 0 Å². The average molecular weight is 848 g/mol. The third-order valence-corrected chi connectivity index (χ3v) is 12.6. The van der Waals surface area contributed by atoms with E-state index in [4.69, 9.17) is 4.74 Å². The van der Waals surface area contributed by atoms with Crippen LogP contribution in [0, 0.1) is 0 Å². The number of aliphatic hydroxyl groups excluding tert-OH is 2. The smallest absolute Gasteiger partial charge is 0.306 e. The summed E-state index contributed by atoms with van der Waals surface area (Å²) in [6, 6.07) is -0.699. The van der Waals surface area contributed by atoms with Gasteiger partial charge in [-0.3, -0.25) is 9.59 Å². The van der Waals surface area contributed by atoms with E-state index in [2.05, 4.69) is 38.2 Å². The molecule has 0 rings (SSSR count). The molecule has 0 heterocycles. The van der Waals surface area contributed by atoms with Gasteiger partial charge >= 0.3 is 5.97 Å². The summed E-state index contributed by atoms with van der Waals surface area (Å²) >= 11 is 0. The van der Waals surface area contributed by atoms with Gasteiger partial charge in [0, 0.05) is 6.42 Å². The maximum atomic E-state index is 13.2. The molecule has 3 N–H and O–H groups in total. The fourth-order valence-corrected chi connectivity index (χ4v) is 8.49. The molecule has 0 aliphatic carbocycles. The number of unbranched alkanes of at least 4 members (excludes halogenated alkanes) is 35. The Bertz CT molecular complexity index is 909. The number of carbonyl (C=O) groups excluding carboxylic acids is 2. The zero-order valence-electron chi connectivity index (χ0n) is 40.6. The van der Waals surface area contributed by atoms with Crippen molar-refractivity contribution in [3.63, 3.8) is 0 Å². The summed E-state index contributed by atoms with van der Waals surface area (Å²) in [6.07, 6.45) is 54.2. The second-order valence-corrected chi connectivity index (χ2v) is 18.6. The van der Waals surface area contributed by atoms with E-state index in [0.717, 1.165) is 64.2 Å². The van der Waals surface area contributed by atoms with Gasteiger partial charge in [0.2, 0.25) is 5.91 Å². The van der Waals surface area contributed by atoms with Crippen LogP contribution in [0.4, 0.5) is 0 Å². The maximum absolute atomic E-state index is 13.2. The fraction of sp³-hybridized carbons (Fsp3) is 0.926. The minimum atomic E-state index is -0.785. The summed E-state index contributed by atoms with van der Waals surface area (Å²) in [5, 5.41) is 23.8. The van der Waals surface area contributed by atoms with Crippen LogP contribution in [0.2, 0.25) is 0 Å². The van der Waals surface area contributed by atoms with Crippen molar-refractivity contribution >= 4 is 11.9 Å². The van der Waals surface area contributed by atoms with Crippen molar-refractivity contribution in [2.24, 2.45) is 0 Å². The third kappa shape index (κ3) is 43.3. The van der Waals surface area contributed by atoms with Crippen LogP contribution in [0.1, 0.15) is 297 Å². The van der Waals surface area contributed by atoms with Gasteiger partial charge in [-0.25, -0.2) is 0 Å². The number of rotatable bonds is 49. The molecule has 0 aromatic carbocycles. The zero-order chi connectivity index (χ0) is 43.8. The summed E-state index contributed by atoms with van der Waals surface area (Å²) in [7, 11) is 0. The van der Waals surface area contributed by atoms with Gasteiger partial charge in [-0.15, -0.1) is 0 Å². The SMILES string of the molecule is CCCCC/C=C\CCCCCC(CC(=O)NC(CO)C(O)CCCCCCCCCCCCCCCC)OC(=O)CCCCCCCCCCCCCCCCCCC. The summed E-state index contributed by atoms with van der Waals surface area (Å²) in [4.78, 5) is 26.1. The molecular formula is C54H105NO5. The van der Waals surface area contributed by atoms with Gasteiger partial charge in [0.05, 0.1) is 25.2 Å². The van der Waals surface area contributed by atoms with Crippen molar-refractivity contribution in [1.82, 2.24) is 5.32 Å². The summed E-state index contributed by atoms with van der Waals surface area (Å²) in [6.45, 7) is 6.48. The Balaban J connectivity index is 4.43. The van der Waals surface area contributed by atoms with Gasteiger partial charge in [0.1, 0.15) is 6.10 Å². The Morgan fingerprint density at radius 2 is 0.800 bits per heavy atom. The van der Waals surface area contributed by atoms with Gasteiger partial charge in [0.15, 0.2) is 0 Å². The molecule has 6 heteroatoms. The Kier molecular flexibility index (Phi) is 47.5. The average Bonchev–Trinajstić information content (AvgIpc) is 3.24. The maximum Gasteiger partial charge on any atom is 0.306 e. The fourth-order valence-electron chi connectivity index (χ4n) is 8.49. The molecule has 0 saturated carbocycles. The van der Waals surface area contributed by atoms with Crippen molar-refractivity contribution in [2.45, 2.75) is 315 Å². The van der Waals surface area contributed by atoms with Gasteiger partial charge < -0.3 is 20.3 Å². The van der Waals surface area contributed by atoms with E-state index in [0.29, 0.717) is 19.3 Å². The largest absolute Gasteiger partial charge is 0.462 e. The first kappa shape index (κ1) is 58.6. The lowest BCUT2D eigenvalue weighted by Gasteiger charge is -2.24. The first-order chi connectivity index (χ1) is 29.5. The highest BCUT2D eigenvalue weighted by molar-refractivity contribution is 5.77. The molecule has 356 valence electrons. The van der Waals surface area contributed by atoms with Crippen LogP contribution in [-0.4, -0.2) is 46.9 Å². The van der Waals surface area contributed by atoms with Gasteiger partial charge in [-0.1, -0.05) is 245 Å². The Morgan fingerprint density at radius 3 is 1.22 bits per heavy atom. The standard InChI is InChI=1S/C54H105NO5/c1-4-7-10-13-16-19-22-24-26-27-28-30-32-35-38-41-44-47-54(59)60-50(45-42-39-36-33-21-18-15-12-9-6-3)48-53(58)55-51(49-56)52(57)46-43-40-37-34-31-29-25-23-20-17-14-11-8-5-2/h18,21,50-52,56-57H,4-17,19-20,22-49H2,1-3H3,(H,55,58)/b21-18-. The van der Waals surface area contributed by atoms with Crippen LogP contribution in [0.5, 0.6) is 0 Å². The van der Waals surface area contributed by atoms with E-state index in [9.17, 15) is 19.8 Å². The Hall–Kier alpha value is -1.40. The second-order valence-electron chi connectivity index (χ2n) is 18.6. The predicted octanol–water partition coefficient (Wildman–Crippen LogP) is 16.1. The predicted molar refractivity (Wildman–Crippen MR) is 260 cm³/mol. The molecule has 0 aliphatic heterocycles. The number of allylic oxidation sites excluding steroid dienone is 2. The van der Waals surface area contributed by atoms with E-state index in [1.54, 1.807) is 0 Å².